The Bertz CT molecular complexity index is 390. The van der Waals surface area contributed by atoms with Crippen molar-refractivity contribution in [2.75, 3.05) is 20.8 Å². The van der Waals surface area contributed by atoms with Gasteiger partial charge < -0.3 is 4.74 Å². The third kappa shape index (κ3) is 19.2. The fourth-order valence-electron chi connectivity index (χ4n) is 1.80. The molecule has 0 aromatic carbocycles. The van der Waals surface area contributed by atoms with Crippen LogP contribution in [-0.2, 0) is 14.4 Å². The van der Waals surface area contributed by atoms with E-state index in [-0.39, 0.29) is 11.5 Å². The smallest absolute Gasteiger partial charge is 0.376 e. The highest BCUT2D eigenvalue weighted by molar-refractivity contribution is 5.86. The summed E-state index contributed by atoms with van der Waals surface area (Å²) >= 11 is 0. The molecule has 0 N–H and O–H groups in total. The summed E-state index contributed by atoms with van der Waals surface area (Å²) in [4.78, 5) is 16.3. The molecule has 0 bridgehead atoms. The molecular weight excluding hydrogens is 347 g/mol. The first-order valence-electron chi connectivity index (χ1n) is 9.05. The molecule has 0 saturated carbocycles. The number of amides is 1. The molecule has 0 aliphatic heterocycles. The van der Waals surface area contributed by atoms with Crippen molar-refractivity contribution in [2.24, 2.45) is 5.92 Å². The number of likely N-dealkylation sites (N-methyl/N-ethyl adjacent to an activating group) is 1. The third-order valence-electron chi connectivity index (χ3n) is 3.44. The maximum Gasteiger partial charge on any atom is 0.388 e. The van der Waals surface area contributed by atoms with Crippen LogP contribution < -0.4 is 0 Å². The number of carbonyl (C=O) groups is 1. The van der Waals surface area contributed by atoms with E-state index in [1.165, 1.54) is 12.2 Å². The molecule has 0 unspecified atom stereocenters. The summed E-state index contributed by atoms with van der Waals surface area (Å²) in [5.41, 5.74) is -0.0844. The topological polar surface area (TPSA) is 38.8 Å². The molecule has 0 aliphatic rings. The van der Waals surface area contributed by atoms with E-state index in [0.29, 0.717) is 5.92 Å². The first kappa shape index (κ1) is 27.1. The second kappa shape index (κ2) is 14.0. The summed E-state index contributed by atoms with van der Waals surface area (Å²) in [6.07, 6.45) is 3.05. The molecule has 0 spiro atoms. The van der Waals surface area contributed by atoms with Gasteiger partial charge in [-0.15, -0.1) is 0 Å². The van der Waals surface area contributed by atoms with Crippen LogP contribution in [0.2, 0.25) is 0 Å². The zero-order valence-corrected chi connectivity index (χ0v) is 17.3. The van der Waals surface area contributed by atoms with Crippen molar-refractivity contribution in [2.45, 2.75) is 78.5 Å². The minimum Gasteiger partial charge on any atom is -0.376 e. The van der Waals surface area contributed by atoms with Gasteiger partial charge in [-0.1, -0.05) is 26.3 Å². The van der Waals surface area contributed by atoms with Crippen LogP contribution in [-0.4, -0.2) is 43.5 Å². The molecule has 0 heterocycles. The molecule has 26 heavy (non-hydrogen) atoms. The summed E-state index contributed by atoms with van der Waals surface area (Å²) in [5, 5.41) is 1.21. The number of nitrogens with zero attached hydrogens (tertiary/aromatic N) is 1. The molecule has 1 atom stereocenters. The van der Waals surface area contributed by atoms with E-state index in [1.807, 2.05) is 6.08 Å². The van der Waals surface area contributed by atoms with Gasteiger partial charge in [-0.3, -0.25) is 9.63 Å². The Morgan fingerprint density at radius 1 is 1.15 bits per heavy atom. The molecule has 0 rings (SSSR count). The number of ether oxygens (including phenoxy) is 1. The summed E-state index contributed by atoms with van der Waals surface area (Å²) in [5.74, 6) is 0.421. The molecule has 0 aromatic rings. The fourth-order valence-corrected chi connectivity index (χ4v) is 1.80. The van der Waals surface area contributed by atoms with Crippen LogP contribution in [0.5, 0.6) is 0 Å². The van der Waals surface area contributed by atoms with E-state index in [0.717, 1.165) is 39.2 Å². The predicted molar refractivity (Wildman–Crippen MR) is 98.6 cm³/mol. The Morgan fingerprint density at radius 3 is 2.08 bits per heavy atom. The van der Waals surface area contributed by atoms with Crippen LogP contribution in [0.15, 0.2) is 12.2 Å². The zero-order chi connectivity index (χ0) is 20.8. The van der Waals surface area contributed by atoms with Gasteiger partial charge in [-0.05, 0) is 46.0 Å². The average molecular weight is 383 g/mol. The fraction of sp³-hybridized carbons (Fsp3) is 0.842. The van der Waals surface area contributed by atoms with Crippen LogP contribution in [0.4, 0.5) is 13.2 Å². The van der Waals surface area contributed by atoms with Gasteiger partial charge in [-0.25, -0.2) is 5.06 Å². The van der Waals surface area contributed by atoms with Gasteiger partial charge in [0.25, 0.3) is 5.91 Å². The average Bonchev–Trinajstić information content (AvgIpc) is 2.54. The predicted octanol–water partition coefficient (Wildman–Crippen LogP) is 5.53. The maximum absolute atomic E-state index is 11.5. The molecule has 0 radical (unpaired) electrons. The quantitative estimate of drug-likeness (QED) is 0.388. The second-order valence-electron chi connectivity index (χ2n) is 7.04. The lowest BCUT2D eigenvalue weighted by Crippen LogP contribution is -2.24. The van der Waals surface area contributed by atoms with Crippen LogP contribution in [0, 0.1) is 5.92 Å². The van der Waals surface area contributed by atoms with Crippen molar-refractivity contribution in [1.29, 1.82) is 0 Å². The molecule has 0 aromatic heterocycles. The Morgan fingerprint density at radius 2 is 1.69 bits per heavy atom. The van der Waals surface area contributed by atoms with Crippen molar-refractivity contribution >= 4 is 5.91 Å². The van der Waals surface area contributed by atoms with E-state index in [4.69, 9.17) is 9.57 Å². The Hall–Kier alpha value is -1.08. The van der Waals surface area contributed by atoms with Crippen molar-refractivity contribution in [3.63, 3.8) is 0 Å². The molecular formula is C19H36F3NO3. The highest BCUT2D eigenvalue weighted by Crippen LogP contribution is 2.18. The van der Waals surface area contributed by atoms with E-state index in [2.05, 4.69) is 27.7 Å². The van der Waals surface area contributed by atoms with Crippen molar-refractivity contribution in [1.82, 2.24) is 5.06 Å². The van der Waals surface area contributed by atoms with Gasteiger partial charge in [0.15, 0.2) is 0 Å². The second-order valence-corrected chi connectivity index (χ2v) is 7.04. The minimum atomic E-state index is -3.96. The summed E-state index contributed by atoms with van der Waals surface area (Å²) in [6.45, 7) is 10.3. The normalized spacial score (nSPS) is 13.3. The lowest BCUT2D eigenvalue weighted by atomic mass is 9.98. The first-order chi connectivity index (χ1) is 11.9. The number of alkyl halides is 3. The standard InChI is InChI=1S/C16H31NO3.C3H5F3/c1-7-10-14(13-20-16(2,3)4)11-8-9-12-15(18)17(5)19-6;1-2-3(4,5)6/h9,12,14H,7-8,10-11,13H2,1-6H3;2H2,1H3/b12-9+;/t14-;/m1./s1. The van der Waals surface area contributed by atoms with Gasteiger partial charge >= 0.3 is 6.18 Å². The number of hydroxylamine groups is 2. The van der Waals surface area contributed by atoms with Gasteiger partial charge in [0.2, 0.25) is 0 Å². The molecule has 0 fully saturated rings. The van der Waals surface area contributed by atoms with Gasteiger partial charge in [-0.2, -0.15) is 13.2 Å². The number of hydrogen-bond acceptors (Lipinski definition) is 3. The summed E-state index contributed by atoms with van der Waals surface area (Å²) in [6, 6.07) is 0. The van der Waals surface area contributed by atoms with E-state index in [9.17, 15) is 18.0 Å². The number of carbonyl (C=O) groups excluding carboxylic acids is 1. The number of rotatable bonds is 9. The van der Waals surface area contributed by atoms with Crippen LogP contribution >= 0.6 is 0 Å². The van der Waals surface area contributed by atoms with Crippen molar-refractivity contribution < 1.29 is 27.5 Å². The lowest BCUT2D eigenvalue weighted by Gasteiger charge is -2.24. The number of hydrogen-bond donors (Lipinski definition) is 0. The molecule has 1 amide bonds. The summed E-state index contributed by atoms with van der Waals surface area (Å²) in [7, 11) is 3.08. The Balaban J connectivity index is 0. The number of allylic oxidation sites excluding steroid dienone is 1. The highest BCUT2D eigenvalue weighted by Gasteiger charge is 2.22. The minimum absolute atomic E-state index is 0.0844. The number of halogens is 3. The Kier molecular flexibility index (Phi) is 14.7. The van der Waals surface area contributed by atoms with E-state index in [1.54, 1.807) is 13.1 Å². The molecule has 156 valence electrons. The van der Waals surface area contributed by atoms with Gasteiger partial charge in [0.1, 0.15) is 0 Å². The van der Waals surface area contributed by atoms with Crippen LogP contribution in [0.25, 0.3) is 0 Å². The van der Waals surface area contributed by atoms with Crippen LogP contribution in [0.1, 0.15) is 66.7 Å². The Labute approximate surface area is 156 Å². The molecule has 0 saturated heterocycles. The van der Waals surface area contributed by atoms with Crippen LogP contribution in [0.3, 0.4) is 0 Å². The molecule has 4 nitrogen and oxygen atoms in total. The van der Waals surface area contributed by atoms with E-state index < -0.39 is 12.6 Å². The molecule has 7 heteroatoms. The zero-order valence-electron chi connectivity index (χ0n) is 17.3. The SMILES string of the molecule is CCC(F)(F)F.CCC[C@H](CC/C=C/C(=O)N(C)OC)COC(C)(C)C. The summed E-state index contributed by atoms with van der Waals surface area (Å²) < 4.78 is 38.2. The van der Waals surface area contributed by atoms with E-state index >= 15 is 0 Å². The van der Waals surface area contributed by atoms with Gasteiger partial charge in [0, 0.05) is 19.5 Å². The maximum atomic E-state index is 11.5. The molecule has 0 aliphatic carbocycles. The van der Waals surface area contributed by atoms with Crippen molar-refractivity contribution in [3.8, 4) is 0 Å². The van der Waals surface area contributed by atoms with Crippen molar-refractivity contribution in [3.05, 3.63) is 12.2 Å². The lowest BCUT2D eigenvalue weighted by molar-refractivity contribution is -0.162. The monoisotopic (exact) mass is 383 g/mol. The highest BCUT2D eigenvalue weighted by atomic mass is 19.4. The third-order valence-corrected chi connectivity index (χ3v) is 3.44. The van der Waals surface area contributed by atoms with Gasteiger partial charge in [0.05, 0.1) is 19.3 Å². The largest absolute Gasteiger partial charge is 0.388 e. The first-order valence-corrected chi connectivity index (χ1v) is 9.05.